The Labute approximate surface area is 248 Å². The average molecular weight is 611 g/mol. The first kappa shape index (κ1) is 31.1. The van der Waals surface area contributed by atoms with Crippen LogP contribution in [0.2, 0.25) is 0 Å². The zero-order valence-electron chi connectivity index (χ0n) is 24.1. The van der Waals surface area contributed by atoms with Gasteiger partial charge in [0.05, 0.1) is 19.6 Å². The van der Waals surface area contributed by atoms with Crippen LogP contribution in [0.25, 0.3) is 11.6 Å². The van der Waals surface area contributed by atoms with Gasteiger partial charge in [0.15, 0.2) is 28.6 Å². The summed E-state index contributed by atoms with van der Waals surface area (Å²) >= 11 is 0. The molecule has 0 fully saturated rings. The number of nitrogens with zero attached hydrogens (tertiary/aromatic N) is 3. The van der Waals surface area contributed by atoms with Crippen molar-refractivity contribution in [3.05, 3.63) is 72.2 Å². The Balaban J connectivity index is 1.62. The third-order valence-electron chi connectivity index (χ3n) is 5.83. The number of hydrogen-bond donors (Lipinski definition) is 1. The maximum atomic E-state index is 13.3. The topological polar surface area (TPSA) is 169 Å². The van der Waals surface area contributed by atoms with Crippen LogP contribution >= 0.6 is 0 Å². The van der Waals surface area contributed by atoms with E-state index in [1.54, 1.807) is 36.4 Å². The predicted molar refractivity (Wildman–Crippen MR) is 153 cm³/mol. The Hall–Kier alpha value is -4.82. The van der Waals surface area contributed by atoms with Crippen LogP contribution in [-0.2, 0) is 19.6 Å². The Morgan fingerprint density at radius 2 is 1.79 bits per heavy atom. The van der Waals surface area contributed by atoms with Gasteiger partial charge in [0.2, 0.25) is 5.75 Å². The van der Waals surface area contributed by atoms with Crippen LogP contribution in [0.4, 0.5) is 0 Å². The molecule has 14 heteroatoms. The van der Waals surface area contributed by atoms with Crippen molar-refractivity contribution < 1.29 is 41.4 Å². The van der Waals surface area contributed by atoms with Gasteiger partial charge in [0, 0.05) is 19.9 Å². The lowest BCUT2D eigenvalue weighted by Gasteiger charge is -2.20. The summed E-state index contributed by atoms with van der Waals surface area (Å²) in [6.07, 6.45) is 1.29. The van der Waals surface area contributed by atoms with Gasteiger partial charge in [0.25, 0.3) is 15.9 Å². The summed E-state index contributed by atoms with van der Waals surface area (Å²) in [5, 5.41) is -0.427. The van der Waals surface area contributed by atoms with E-state index in [1.165, 1.54) is 38.6 Å². The molecule has 0 aliphatic rings. The van der Waals surface area contributed by atoms with Crippen LogP contribution in [-0.4, -0.2) is 55.1 Å². The van der Waals surface area contributed by atoms with E-state index in [0.29, 0.717) is 22.8 Å². The number of ketones is 1. The van der Waals surface area contributed by atoms with E-state index in [2.05, 4.69) is 19.7 Å². The van der Waals surface area contributed by atoms with Crippen LogP contribution < -0.4 is 18.9 Å². The Bertz CT molecular complexity index is 1710. The maximum absolute atomic E-state index is 13.3. The molecule has 1 unspecified atom stereocenters. The standard InChI is InChI=1S/C29H30N4O9S/c1-17(2)22-11-12-26(31-27(22)18(3)34)43(36,37)33-25(41-19(4)35)16-40-29-24(42-21-9-6-8-20(14-21)38-5)15-30-28(32-29)23-10-7-13-39-23/h6-15,17,25,33H,16H2,1-5H3. The van der Waals surface area contributed by atoms with Gasteiger partial charge < -0.3 is 23.4 Å². The summed E-state index contributed by atoms with van der Waals surface area (Å²) < 4.78 is 56.4. The van der Waals surface area contributed by atoms with Crippen LogP contribution in [0.1, 0.15) is 49.7 Å². The lowest BCUT2D eigenvalue weighted by molar-refractivity contribution is -0.148. The first-order valence-electron chi connectivity index (χ1n) is 13.0. The maximum Gasteiger partial charge on any atom is 0.304 e. The summed E-state index contributed by atoms with van der Waals surface area (Å²) in [4.78, 5) is 36.8. The fourth-order valence-electron chi connectivity index (χ4n) is 3.87. The van der Waals surface area contributed by atoms with Crippen molar-refractivity contribution in [1.82, 2.24) is 19.7 Å². The van der Waals surface area contributed by atoms with Crippen molar-refractivity contribution in [2.24, 2.45) is 0 Å². The number of hydrogen-bond acceptors (Lipinski definition) is 12. The molecule has 13 nitrogen and oxygen atoms in total. The van der Waals surface area contributed by atoms with Gasteiger partial charge in [-0.15, -0.1) is 0 Å². The second-order valence-electron chi connectivity index (χ2n) is 9.45. The van der Waals surface area contributed by atoms with Crippen molar-refractivity contribution in [2.45, 2.75) is 44.9 Å². The molecule has 4 rings (SSSR count). The normalized spacial score (nSPS) is 12.0. The van der Waals surface area contributed by atoms with Crippen LogP contribution in [0.3, 0.4) is 0 Å². The molecule has 1 aromatic carbocycles. The number of nitrogens with one attached hydrogen (secondary N) is 1. The molecule has 3 heterocycles. The minimum absolute atomic E-state index is 0.0314. The smallest absolute Gasteiger partial charge is 0.304 e. The molecule has 3 aromatic heterocycles. The van der Waals surface area contributed by atoms with E-state index in [4.69, 9.17) is 23.4 Å². The van der Waals surface area contributed by atoms with Gasteiger partial charge in [-0.3, -0.25) is 9.59 Å². The molecule has 0 spiro atoms. The van der Waals surface area contributed by atoms with Gasteiger partial charge in [0.1, 0.15) is 23.8 Å². The van der Waals surface area contributed by atoms with Crippen LogP contribution in [0.5, 0.6) is 23.1 Å². The summed E-state index contributed by atoms with van der Waals surface area (Å²) in [6.45, 7) is 5.62. The van der Waals surface area contributed by atoms with Gasteiger partial charge in [-0.1, -0.05) is 26.0 Å². The second kappa shape index (κ2) is 13.4. The number of rotatable bonds is 13. The fraction of sp³-hybridized carbons (Fsp3) is 0.276. The molecule has 1 atom stereocenters. The number of furan rings is 1. The number of pyridine rings is 1. The number of carbonyl (C=O) groups is 2. The molecule has 43 heavy (non-hydrogen) atoms. The average Bonchev–Trinajstić information content (AvgIpc) is 3.51. The van der Waals surface area contributed by atoms with Crippen LogP contribution in [0.15, 0.2) is 70.4 Å². The fourth-order valence-corrected chi connectivity index (χ4v) is 4.92. The quantitative estimate of drug-likeness (QED) is 0.128. The number of benzene rings is 1. The molecule has 0 amide bonds. The zero-order valence-corrected chi connectivity index (χ0v) is 24.9. The number of esters is 1. The summed E-state index contributed by atoms with van der Waals surface area (Å²) in [6, 6.07) is 12.9. The van der Waals surface area contributed by atoms with E-state index >= 15 is 0 Å². The number of carbonyl (C=O) groups excluding carboxylic acids is 2. The number of methoxy groups -OCH3 is 1. The molecule has 226 valence electrons. The van der Waals surface area contributed by atoms with Crippen molar-refractivity contribution in [3.63, 3.8) is 0 Å². The highest BCUT2D eigenvalue weighted by Gasteiger charge is 2.27. The molecule has 0 aliphatic carbocycles. The number of ether oxygens (including phenoxy) is 4. The van der Waals surface area contributed by atoms with Gasteiger partial charge in [-0.25, -0.2) is 18.4 Å². The monoisotopic (exact) mass is 610 g/mol. The largest absolute Gasteiger partial charge is 0.497 e. The van der Waals surface area contributed by atoms with E-state index in [9.17, 15) is 18.0 Å². The van der Waals surface area contributed by atoms with Gasteiger partial charge in [-0.05, 0) is 41.8 Å². The molecule has 0 radical (unpaired) electrons. The van der Waals surface area contributed by atoms with Crippen molar-refractivity contribution in [3.8, 4) is 34.7 Å². The first-order chi connectivity index (χ1) is 20.5. The molecule has 4 aromatic rings. The molecule has 0 aliphatic heterocycles. The van der Waals surface area contributed by atoms with Gasteiger partial charge in [-0.2, -0.15) is 9.71 Å². The zero-order chi connectivity index (χ0) is 31.1. The SMILES string of the molecule is COc1cccc(Oc2cnc(-c3ccco3)nc2OCC(NS(=O)(=O)c2ccc(C(C)C)c(C(C)=O)n2)OC(C)=O)c1. The molecule has 0 saturated carbocycles. The Kier molecular flexibility index (Phi) is 9.73. The van der Waals surface area contributed by atoms with E-state index in [-0.39, 0.29) is 34.8 Å². The summed E-state index contributed by atoms with van der Waals surface area (Å²) in [5.74, 6) is 0.167. The van der Waals surface area contributed by atoms with E-state index in [0.717, 1.165) is 6.92 Å². The lowest BCUT2D eigenvalue weighted by Crippen LogP contribution is -2.42. The third-order valence-corrected chi connectivity index (χ3v) is 7.18. The van der Waals surface area contributed by atoms with Gasteiger partial charge >= 0.3 is 5.97 Å². The van der Waals surface area contributed by atoms with Crippen molar-refractivity contribution in [1.29, 1.82) is 0 Å². The van der Waals surface area contributed by atoms with Crippen LogP contribution in [0, 0.1) is 0 Å². The van der Waals surface area contributed by atoms with Crippen molar-refractivity contribution in [2.75, 3.05) is 13.7 Å². The molecule has 0 bridgehead atoms. The predicted octanol–water partition coefficient (Wildman–Crippen LogP) is 4.51. The van der Waals surface area contributed by atoms with E-state index in [1.807, 2.05) is 13.8 Å². The molecular weight excluding hydrogens is 580 g/mol. The minimum atomic E-state index is -4.38. The minimum Gasteiger partial charge on any atom is -0.497 e. The molecule has 0 saturated heterocycles. The third kappa shape index (κ3) is 7.93. The highest BCUT2D eigenvalue weighted by Crippen LogP contribution is 2.33. The summed E-state index contributed by atoms with van der Waals surface area (Å²) in [7, 11) is -2.87. The lowest BCUT2D eigenvalue weighted by atomic mass is 10.00. The molecule has 1 N–H and O–H groups in total. The molecular formula is C29H30N4O9S. The number of Topliss-reactive ketones (excluding diaryl/α,β-unsaturated/α-hetero) is 1. The highest BCUT2D eigenvalue weighted by molar-refractivity contribution is 7.89. The highest BCUT2D eigenvalue weighted by atomic mass is 32.2. The Morgan fingerprint density at radius 1 is 1.02 bits per heavy atom. The first-order valence-corrected chi connectivity index (χ1v) is 14.5. The number of aromatic nitrogens is 3. The summed E-state index contributed by atoms with van der Waals surface area (Å²) in [5.41, 5.74) is 0.634. The number of sulfonamides is 1. The van der Waals surface area contributed by atoms with E-state index < -0.39 is 33.9 Å². The Morgan fingerprint density at radius 3 is 2.44 bits per heavy atom. The van der Waals surface area contributed by atoms with Crippen molar-refractivity contribution >= 4 is 21.8 Å². The second-order valence-corrected chi connectivity index (χ2v) is 11.1.